The van der Waals surface area contributed by atoms with E-state index in [4.69, 9.17) is 14.3 Å². The molecule has 0 radical (unpaired) electrons. The third-order valence-electron chi connectivity index (χ3n) is 2.27. The number of aryl methyl sites for hydroxylation is 1. The molecule has 0 aliphatic rings. The van der Waals surface area contributed by atoms with Crippen LogP contribution in [-0.4, -0.2) is 22.8 Å². The van der Waals surface area contributed by atoms with Gasteiger partial charge in [0.05, 0.1) is 0 Å². The third-order valence-corrected chi connectivity index (χ3v) is 2.27. The molecule has 0 saturated heterocycles. The number of aromatic hydroxyl groups is 1. The molecule has 1 heterocycles. The molecule has 0 aliphatic carbocycles. The molecule has 0 unspecified atom stereocenters. The quantitative estimate of drug-likeness (QED) is 0.851. The van der Waals surface area contributed by atoms with Crippen LogP contribution in [0.1, 0.15) is 5.76 Å². The maximum Gasteiger partial charge on any atom is 0.341 e. The van der Waals surface area contributed by atoms with E-state index in [1.807, 2.05) is 0 Å². The Hall–Kier alpha value is -2.50. The number of hydrogen-bond donors (Lipinski definition) is 2. The standard InChI is InChI=1S/C12H10O6/c1-6-2-8(13)12-9(14)3-7(4-10(12)18-6)17-5-11(15)16/h2-4,14H,5H2,1H3,(H,15,16). The van der Waals surface area contributed by atoms with E-state index in [1.165, 1.54) is 18.2 Å². The van der Waals surface area contributed by atoms with Gasteiger partial charge in [0.25, 0.3) is 0 Å². The zero-order valence-electron chi connectivity index (χ0n) is 9.47. The van der Waals surface area contributed by atoms with Gasteiger partial charge in [0.2, 0.25) is 0 Å². The van der Waals surface area contributed by atoms with Gasteiger partial charge in [-0.1, -0.05) is 0 Å². The second-order valence-electron chi connectivity index (χ2n) is 3.72. The highest BCUT2D eigenvalue weighted by atomic mass is 16.5. The minimum absolute atomic E-state index is 0.0447. The van der Waals surface area contributed by atoms with Crippen molar-refractivity contribution >= 4 is 16.9 Å². The van der Waals surface area contributed by atoms with Crippen LogP contribution in [-0.2, 0) is 4.79 Å². The van der Waals surface area contributed by atoms with E-state index in [0.717, 1.165) is 0 Å². The van der Waals surface area contributed by atoms with Crippen LogP contribution in [0.4, 0.5) is 0 Å². The van der Waals surface area contributed by atoms with E-state index in [2.05, 4.69) is 0 Å². The van der Waals surface area contributed by atoms with Gasteiger partial charge in [0, 0.05) is 18.2 Å². The van der Waals surface area contributed by atoms with Gasteiger partial charge in [-0.25, -0.2) is 4.79 Å². The third kappa shape index (κ3) is 2.27. The second-order valence-corrected chi connectivity index (χ2v) is 3.72. The average Bonchev–Trinajstić information content (AvgIpc) is 2.24. The summed E-state index contributed by atoms with van der Waals surface area (Å²) in [5.41, 5.74) is -0.212. The number of hydrogen-bond acceptors (Lipinski definition) is 5. The minimum Gasteiger partial charge on any atom is -0.507 e. The summed E-state index contributed by atoms with van der Waals surface area (Å²) in [6, 6.07) is 3.81. The molecule has 0 bridgehead atoms. The van der Waals surface area contributed by atoms with E-state index in [9.17, 15) is 14.7 Å². The first-order chi connectivity index (χ1) is 8.47. The molecule has 1 aromatic carbocycles. The normalized spacial score (nSPS) is 10.5. The van der Waals surface area contributed by atoms with Crippen molar-refractivity contribution in [2.45, 2.75) is 6.92 Å². The van der Waals surface area contributed by atoms with Crippen molar-refractivity contribution in [1.82, 2.24) is 0 Å². The first-order valence-electron chi connectivity index (χ1n) is 5.09. The highest BCUT2D eigenvalue weighted by Crippen LogP contribution is 2.28. The lowest BCUT2D eigenvalue weighted by atomic mass is 10.2. The number of phenols is 1. The van der Waals surface area contributed by atoms with Crippen molar-refractivity contribution in [3.63, 3.8) is 0 Å². The zero-order chi connectivity index (χ0) is 13.3. The number of carboxylic acids is 1. The number of phenolic OH excluding ortho intramolecular Hbond substituents is 1. The Morgan fingerprint density at radius 3 is 2.78 bits per heavy atom. The highest BCUT2D eigenvalue weighted by molar-refractivity contribution is 5.84. The van der Waals surface area contributed by atoms with Gasteiger partial charge >= 0.3 is 5.97 Å². The lowest BCUT2D eigenvalue weighted by molar-refractivity contribution is -0.139. The fraction of sp³-hybridized carbons (Fsp3) is 0.167. The van der Waals surface area contributed by atoms with Crippen LogP contribution in [0.15, 0.2) is 27.4 Å². The molecular weight excluding hydrogens is 240 g/mol. The fourth-order valence-electron chi connectivity index (χ4n) is 1.59. The van der Waals surface area contributed by atoms with E-state index in [-0.39, 0.29) is 27.9 Å². The Morgan fingerprint density at radius 2 is 2.11 bits per heavy atom. The van der Waals surface area contributed by atoms with Gasteiger partial charge in [-0.3, -0.25) is 4.79 Å². The SMILES string of the molecule is Cc1cc(=O)c2c(O)cc(OCC(=O)O)cc2o1. The van der Waals surface area contributed by atoms with Crippen molar-refractivity contribution in [3.8, 4) is 11.5 Å². The predicted molar refractivity (Wildman–Crippen MR) is 62.0 cm³/mol. The summed E-state index contributed by atoms with van der Waals surface area (Å²) in [7, 11) is 0. The van der Waals surface area contributed by atoms with Crippen LogP contribution >= 0.6 is 0 Å². The Kier molecular flexibility index (Phi) is 2.93. The van der Waals surface area contributed by atoms with E-state index in [0.29, 0.717) is 5.76 Å². The molecule has 6 nitrogen and oxygen atoms in total. The van der Waals surface area contributed by atoms with Crippen LogP contribution in [0.25, 0.3) is 11.0 Å². The Balaban J connectivity index is 2.54. The van der Waals surface area contributed by atoms with Crippen LogP contribution in [0.3, 0.4) is 0 Å². The van der Waals surface area contributed by atoms with Crippen LogP contribution in [0.5, 0.6) is 11.5 Å². The molecule has 2 rings (SSSR count). The zero-order valence-corrected chi connectivity index (χ0v) is 9.47. The van der Waals surface area contributed by atoms with Gasteiger partial charge in [-0.2, -0.15) is 0 Å². The van der Waals surface area contributed by atoms with Gasteiger partial charge in [-0.15, -0.1) is 0 Å². The first kappa shape index (κ1) is 12.0. The Morgan fingerprint density at radius 1 is 1.39 bits per heavy atom. The van der Waals surface area contributed by atoms with Crippen molar-refractivity contribution in [3.05, 3.63) is 34.2 Å². The van der Waals surface area contributed by atoms with Crippen LogP contribution in [0, 0.1) is 6.92 Å². The first-order valence-corrected chi connectivity index (χ1v) is 5.09. The Labute approximate surface area is 101 Å². The number of ether oxygens (including phenoxy) is 1. The number of aliphatic carboxylic acids is 1. The Bertz CT molecular complexity index is 670. The molecule has 0 spiro atoms. The summed E-state index contributed by atoms with van der Waals surface area (Å²) >= 11 is 0. The van der Waals surface area contributed by atoms with Gasteiger partial charge in [-0.05, 0) is 6.92 Å². The summed E-state index contributed by atoms with van der Waals surface area (Å²) in [4.78, 5) is 22.0. The van der Waals surface area contributed by atoms with Crippen molar-refractivity contribution in [2.24, 2.45) is 0 Å². The molecule has 2 N–H and O–H groups in total. The molecule has 0 fully saturated rings. The minimum atomic E-state index is -1.14. The van der Waals surface area contributed by atoms with Crippen LogP contribution < -0.4 is 10.2 Å². The van der Waals surface area contributed by atoms with E-state index in [1.54, 1.807) is 6.92 Å². The lowest BCUT2D eigenvalue weighted by Gasteiger charge is -2.06. The number of fused-ring (bicyclic) bond motifs is 1. The highest BCUT2D eigenvalue weighted by Gasteiger charge is 2.11. The molecule has 0 aliphatic heterocycles. The molecule has 0 amide bonds. The average molecular weight is 250 g/mol. The number of rotatable bonds is 3. The maximum absolute atomic E-state index is 11.6. The second kappa shape index (κ2) is 4.40. The molecule has 1 aromatic heterocycles. The van der Waals surface area contributed by atoms with Crippen molar-refractivity contribution < 1.29 is 24.2 Å². The van der Waals surface area contributed by atoms with E-state index >= 15 is 0 Å². The van der Waals surface area contributed by atoms with Crippen molar-refractivity contribution in [2.75, 3.05) is 6.61 Å². The molecule has 0 atom stereocenters. The molecule has 94 valence electrons. The number of carbonyl (C=O) groups is 1. The molecule has 0 saturated carbocycles. The lowest BCUT2D eigenvalue weighted by Crippen LogP contribution is -2.09. The molecular formula is C12H10O6. The summed E-state index contributed by atoms with van der Waals surface area (Å²) in [6.45, 7) is 1.06. The fourth-order valence-corrected chi connectivity index (χ4v) is 1.59. The number of benzene rings is 1. The smallest absolute Gasteiger partial charge is 0.341 e. The number of carboxylic acid groups (broad SMARTS) is 1. The monoisotopic (exact) mass is 250 g/mol. The largest absolute Gasteiger partial charge is 0.507 e. The summed E-state index contributed by atoms with van der Waals surface area (Å²) < 4.78 is 10.2. The van der Waals surface area contributed by atoms with Gasteiger partial charge < -0.3 is 19.4 Å². The van der Waals surface area contributed by atoms with Gasteiger partial charge in [0.15, 0.2) is 12.0 Å². The van der Waals surface area contributed by atoms with Gasteiger partial charge in [0.1, 0.15) is 28.2 Å². The summed E-state index contributed by atoms with van der Waals surface area (Å²) in [6.07, 6.45) is 0. The van der Waals surface area contributed by atoms with E-state index < -0.39 is 12.6 Å². The summed E-state index contributed by atoms with van der Waals surface area (Å²) in [5, 5.41) is 18.2. The van der Waals surface area contributed by atoms with Crippen LogP contribution in [0.2, 0.25) is 0 Å². The molecule has 2 aromatic rings. The molecule has 6 heteroatoms. The predicted octanol–water partition coefficient (Wildman–Crippen LogP) is 1.27. The van der Waals surface area contributed by atoms with Crippen molar-refractivity contribution in [1.29, 1.82) is 0 Å². The topological polar surface area (TPSA) is 97.0 Å². The molecule has 18 heavy (non-hydrogen) atoms. The summed E-state index contributed by atoms with van der Waals surface area (Å²) in [5.74, 6) is -0.930. The maximum atomic E-state index is 11.6.